The molecule has 0 aromatic carbocycles. The fourth-order valence-corrected chi connectivity index (χ4v) is 2.79. The molecule has 1 saturated carbocycles. The fourth-order valence-electron chi connectivity index (χ4n) is 2.79. The van der Waals surface area contributed by atoms with E-state index in [-0.39, 0.29) is 11.7 Å². The van der Waals surface area contributed by atoms with Crippen LogP contribution in [0.3, 0.4) is 0 Å². The summed E-state index contributed by atoms with van der Waals surface area (Å²) < 4.78 is 5.87. The Morgan fingerprint density at radius 2 is 2.00 bits per heavy atom. The molecule has 0 spiro atoms. The van der Waals surface area contributed by atoms with Crippen LogP contribution < -0.4 is 4.74 Å². The van der Waals surface area contributed by atoms with Crippen LogP contribution in [0.5, 0.6) is 5.75 Å². The van der Waals surface area contributed by atoms with Gasteiger partial charge >= 0.3 is 5.97 Å². The molecule has 1 N–H and O–H groups in total. The normalized spacial score (nSPS) is 27.8. The Bertz CT molecular complexity index is 423. The topological polar surface area (TPSA) is 59.4 Å². The summed E-state index contributed by atoms with van der Waals surface area (Å²) in [7, 11) is 0. The molecule has 98 valence electrons. The van der Waals surface area contributed by atoms with Crippen LogP contribution in [0.4, 0.5) is 0 Å². The number of carboxylic acids is 1. The molecule has 1 fully saturated rings. The lowest BCUT2D eigenvalue weighted by molar-refractivity contribution is 0.0675. The van der Waals surface area contributed by atoms with E-state index in [1.807, 2.05) is 0 Å². The Balaban J connectivity index is 2.11. The Kier molecular flexibility index (Phi) is 3.84. The molecular formula is C14H19NO3. The van der Waals surface area contributed by atoms with Crippen LogP contribution in [0.15, 0.2) is 18.5 Å². The van der Waals surface area contributed by atoms with E-state index in [4.69, 9.17) is 9.84 Å². The zero-order valence-corrected chi connectivity index (χ0v) is 10.8. The van der Waals surface area contributed by atoms with Gasteiger partial charge in [-0.05, 0) is 37.2 Å². The zero-order valence-electron chi connectivity index (χ0n) is 10.8. The van der Waals surface area contributed by atoms with E-state index in [1.54, 1.807) is 12.3 Å². The summed E-state index contributed by atoms with van der Waals surface area (Å²) in [5, 5.41) is 9.08. The van der Waals surface area contributed by atoms with Gasteiger partial charge < -0.3 is 9.84 Å². The third-order valence-electron chi connectivity index (χ3n) is 3.44. The van der Waals surface area contributed by atoms with Crippen molar-refractivity contribution in [3.63, 3.8) is 0 Å². The van der Waals surface area contributed by atoms with Gasteiger partial charge in [0.25, 0.3) is 0 Å². The molecule has 0 amide bonds. The van der Waals surface area contributed by atoms with Crippen molar-refractivity contribution in [2.24, 2.45) is 11.8 Å². The minimum absolute atomic E-state index is 0.115. The van der Waals surface area contributed by atoms with Gasteiger partial charge in [0.1, 0.15) is 11.3 Å². The maximum atomic E-state index is 11.1. The molecule has 1 aliphatic carbocycles. The van der Waals surface area contributed by atoms with Gasteiger partial charge in [-0.3, -0.25) is 4.98 Å². The van der Waals surface area contributed by atoms with Gasteiger partial charge in [-0.15, -0.1) is 0 Å². The zero-order chi connectivity index (χ0) is 13.1. The Morgan fingerprint density at radius 3 is 2.61 bits per heavy atom. The van der Waals surface area contributed by atoms with Crippen LogP contribution in [-0.2, 0) is 0 Å². The molecule has 4 heteroatoms. The first kappa shape index (κ1) is 12.9. The summed E-state index contributed by atoms with van der Waals surface area (Å²) in [5.41, 5.74) is 0.142. The van der Waals surface area contributed by atoms with E-state index in [0.29, 0.717) is 17.6 Å². The number of hydrogen-bond donors (Lipinski definition) is 1. The van der Waals surface area contributed by atoms with Crippen LogP contribution in [0.25, 0.3) is 0 Å². The predicted molar refractivity (Wildman–Crippen MR) is 67.8 cm³/mol. The number of hydrogen-bond acceptors (Lipinski definition) is 3. The van der Waals surface area contributed by atoms with Gasteiger partial charge in [0.2, 0.25) is 0 Å². The molecular weight excluding hydrogens is 230 g/mol. The molecule has 0 aliphatic heterocycles. The summed E-state index contributed by atoms with van der Waals surface area (Å²) in [5.74, 6) is 0.710. The monoisotopic (exact) mass is 249 g/mol. The van der Waals surface area contributed by atoms with E-state index in [2.05, 4.69) is 18.8 Å². The van der Waals surface area contributed by atoms with Crippen molar-refractivity contribution in [2.45, 2.75) is 39.2 Å². The highest BCUT2D eigenvalue weighted by molar-refractivity contribution is 5.90. The highest BCUT2D eigenvalue weighted by atomic mass is 16.5. The number of rotatable bonds is 3. The van der Waals surface area contributed by atoms with E-state index in [1.165, 1.54) is 12.6 Å². The number of ether oxygens (including phenoxy) is 1. The number of nitrogens with zero attached hydrogens (tertiary/aromatic N) is 1. The molecule has 0 bridgehead atoms. The lowest BCUT2D eigenvalue weighted by Crippen LogP contribution is -2.29. The van der Waals surface area contributed by atoms with Crippen LogP contribution in [-0.4, -0.2) is 22.2 Å². The molecule has 2 unspecified atom stereocenters. The molecule has 1 heterocycles. The van der Waals surface area contributed by atoms with Gasteiger partial charge in [0.15, 0.2) is 0 Å². The number of aromatic carboxylic acids is 1. The summed E-state index contributed by atoms with van der Waals surface area (Å²) in [4.78, 5) is 14.9. The highest BCUT2D eigenvalue weighted by Gasteiger charge is 2.26. The van der Waals surface area contributed by atoms with Crippen molar-refractivity contribution < 1.29 is 14.6 Å². The number of carbonyl (C=O) groups is 1. The minimum atomic E-state index is -0.991. The SMILES string of the molecule is CC1CC(C)CC(Oc2ccncc2C(=O)O)C1. The smallest absolute Gasteiger partial charge is 0.341 e. The minimum Gasteiger partial charge on any atom is -0.489 e. The standard InChI is InChI=1S/C14H19NO3/c1-9-5-10(2)7-11(6-9)18-13-3-4-15-8-12(13)14(16)17/h3-4,8-11H,5-7H2,1-2H3,(H,16,17). The maximum absolute atomic E-state index is 11.1. The van der Waals surface area contributed by atoms with E-state index >= 15 is 0 Å². The Labute approximate surface area is 107 Å². The van der Waals surface area contributed by atoms with Crippen LogP contribution in [0.1, 0.15) is 43.5 Å². The largest absolute Gasteiger partial charge is 0.489 e. The van der Waals surface area contributed by atoms with Gasteiger partial charge in [0.05, 0.1) is 6.10 Å². The molecule has 0 radical (unpaired) electrons. The average Bonchev–Trinajstić information content (AvgIpc) is 2.27. The summed E-state index contributed by atoms with van der Waals surface area (Å²) >= 11 is 0. The second-order valence-electron chi connectivity index (χ2n) is 5.33. The average molecular weight is 249 g/mol. The first-order valence-corrected chi connectivity index (χ1v) is 6.40. The van der Waals surface area contributed by atoms with Crippen LogP contribution in [0, 0.1) is 11.8 Å². The van der Waals surface area contributed by atoms with Crippen molar-refractivity contribution in [3.05, 3.63) is 24.0 Å². The molecule has 1 aliphatic rings. The van der Waals surface area contributed by atoms with E-state index in [9.17, 15) is 4.79 Å². The van der Waals surface area contributed by atoms with Crippen molar-refractivity contribution >= 4 is 5.97 Å². The molecule has 1 aromatic rings. The first-order chi connectivity index (χ1) is 8.56. The molecule has 4 nitrogen and oxygen atoms in total. The highest BCUT2D eigenvalue weighted by Crippen LogP contribution is 2.32. The van der Waals surface area contributed by atoms with Crippen molar-refractivity contribution in [1.82, 2.24) is 4.98 Å². The van der Waals surface area contributed by atoms with Crippen LogP contribution >= 0.6 is 0 Å². The molecule has 18 heavy (non-hydrogen) atoms. The quantitative estimate of drug-likeness (QED) is 0.894. The Morgan fingerprint density at radius 1 is 1.33 bits per heavy atom. The van der Waals surface area contributed by atoms with Crippen LogP contribution in [0.2, 0.25) is 0 Å². The van der Waals surface area contributed by atoms with Crippen molar-refractivity contribution in [1.29, 1.82) is 0 Å². The summed E-state index contributed by atoms with van der Waals surface area (Å²) in [6, 6.07) is 1.63. The van der Waals surface area contributed by atoms with Gasteiger partial charge in [-0.2, -0.15) is 0 Å². The lowest BCUT2D eigenvalue weighted by atomic mass is 9.82. The predicted octanol–water partition coefficient (Wildman–Crippen LogP) is 2.98. The number of aromatic nitrogens is 1. The molecule has 2 atom stereocenters. The molecule has 0 saturated heterocycles. The number of carboxylic acid groups (broad SMARTS) is 1. The maximum Gasteiger partial charge on any atom is 0.341 e. The van der Waals surface area contributed by atoms with Gasteiger partial charge in [0, 0.05) is 12.4 Å². The third kappa shape index (κ3) is 3.00. The van der Waals surface area contributed by atoms with Gasteiger partial charge in [-0.25, -0.2) is 4.79 Å². The third-order valence-corrected chi connectivity index (χ3v) is 3.44. The van der Waals surface area contributed by atoms with E-state index in [0.717, 1.165) is 12.8 Å². The first-order valence-electron chi connectivity index (χ1n) is 6.40. The van der Waals surface area contributed by atoms with Crippen molar-refractivity contribution in [2.75, 3.05) is 0 Å². The Hall–Kier alpha value is -1.58. The summed E-state index contributed by atoms with van der Waals surface area (Å²) in [6.45, 7) is 4.44. The van der Waals surface area contributed by atoms with Gasteiger partial charge in [-0.1, -0.05) is 13.8 Å². The molecule has 1 aromatic heterocycles. The molecule has 2 rings (SSSR count). The fraction of sp³-hybridized carbons (Fsp3) is 0.571. The second-order valence-corrected chi connectivity index (χ2v) is 5.33. The lowest BCUT2D eigenvalue weighted by Gasteiger charge is -2.31. The second kappa shape index (κ2) is 5.38. The summed E-state index contributed by atoms with van der Waals surface area (Å²) in [6.07, 6.45) is 6.23. The van der Waals surface area contributed by atoms with Crippen molar-refractivity contribution in [3.8, 4) is 5.75 Å². The van der Waals surface area contributed by atoms with E-state index < -0.39 is 5.97 Å². The number of pyridine rings is 1.